The molecule has 0 spiro atoms. The molecule has 1 saturated heterocycles. The van der Waals surface area contributed by atoms with Gasteiger partial charge in [0.25, 0.3) is 0 Å². The second-order valence-electron chi connectivity index (χ2n) is 2.76. The summed E-state index contributed by atoms with van der Waals surface area (Å²) < 4.78 is 4.34. The van der Waals surface area contributed by atoms with Crippen molar-refractivity contribution in [2.24, 2.45) is 0 Å². The highest BCUT2D eigenvalue weighted by Gasteiger charge is 2.46. The maximum Gasteiger partial charge on any atom is 0.335 e. The van der Waals surface area contributed by atoms with E-state index < -0.39 is 36.7 Å². The average Bonchev–Trinajstić information content (AvgIpc) is 2.07. The van der Waals surface area contributed by atoms with Crippen LogP contribution in [0.15, 0.2) is 0 Å². The number of aliphatic hydroxyl groups is 4. The summed E-state index contributed by atoms with van der Waals surface area (Å²) in [6, 6.07) is 0. The zero-order valence-electron chi connectivity index (χ0n) is 6.44. The zero-order chi connectivity index (χ0) is 10.2. The van der Waals surface area contributed by atoms with Gasteiger partial charge in [-0.1, -0.05) is 0 Å². The Bertz CT molecular complexity index is 205. The molecule has 13 heavy (non-hydrogen) atoms. The minimum absolute atomic E-state index is 1.52. The van der Waals surface area contributed by atoms with Crippen LogP contribution in [0.4, 0.5) is 0 Å². The number of carbonyl (C=O) groups is 1. The van der Waals surface area contributed by atoms with Crippen molar-refractivity contribution in [3.63, 3.8) is 0 Å². The fourth-order valence-corrected chi connectivity index (χ4v) is 1.07. The Hall–Kier alpha value is -0.730. The van der Waals surface area contributed by atoms with Crippen molar-refractivity contribution in [1.29, 1.82) is 0 Å². The first-order valence-corrected chi connectivity index (χ1v) is 3.55. The fourth-order valence-electron chi connectivity index (χ4n) is 1.07. The second kappa shape index (κ2) is 3.56. The number of rotatable bonds is 1. The van der Waals surface area contributed by atoms with Gasteiger partial charge in [-0.05, 0) is 0 Å². The number of hydrogen-bond acceptors (Lipinski definition) is 6. The summed E-state index contributed by atoms with van der Waals surface area (Å²) >= 11 is 0. The molecule has 0 saturated carbocycles. The Labute approximate surface area is 72.8 Å². The van der Waals surface area contributed by atoms with Crippen molar-refractivity contribution >= 4 is 5.97 Å². The standard InChI is InChI=1S/C6H10O7/c7-1-2(8)4(5(10)11)13-6(12)3(1)9/h1-4,6-9,12H,(H,10,11)/t1-,2+,3-,4+,6+/m1/s1. The molecule has 7 nitrogen and oxygen atoms in total. The molecule has 5 N–H and O–H groups in total. The van der Waals surface area contributed by atoms with Crippen LogP contribution in [0.3, 0.4) is 0 Å². The minimum Gasteiger partial charge on any atom is -0.479 e. The lowest BCUT2D eigenvalue weighted by atomic mass is 9.99. The van der Waals surface area contributed by atoms with E-state index in [4.69, 9.17) is 25.5 Å². The highest BCUT2D eigenvalue weighted by molar-refractivity contribution is 5.73. The largest absolute Gasteiger partial charge is 0.479 e. The summed E-state index contributed by atoms with van der Waals surface area (Å²) in [5.41, 5.74) is 0. The molecular formula is C6H10O7. The summed E-state index contributed by atoms with van der Waals surface area (Å²) in [6.07, 6.45) is -8.72. The Morgan fingerprint density at radius 1 is 1.00 bits per heavy atom. The van der Waals surface area contributed by atoms with Crippen LogP contribution in [-0.4, -0.2) is 62.2 Å². The topological polar surface area (TPSA) is 127 Å². The van der Waals surface area contributed by atoms with Crippen molar-refractivity contribution < 1.29 is 35.1 Å². The van der Waals surface area contributed by atoms with Gasteiger partial charge in [-0.2, -0.15) is 0 Å². The Morgan fingerprint density at radius 3 is 2.00 bits per heavy atom. The van der Waals surface area contributed by atoms with Crippen molar-refractivity contribution in [3.05, 3.63) is 0 Å². The monoisotopic (exact) mass is 194 g/mol. The number of hydrogen-bond donors (Lipinski definition) is 5. The molecule has 0 aromatic carbocycles. The van der Waals surface area contributed by atoms with Gasteiger partial charge in [0, 0.05) is 0 Å². The van der Waals surface area contributed by atoms with Crippen LogP contribution in [0.2, 0.25) is 0 Å². The maximum absolute atomic E-state index is 10.4. The number of carboxylic acid groups (broad SMARTS) is 1. The van der Waals surface area contributed by atoms with Gasteiger partial charge in [0.2, 0.25) is 0 Å². The smallest absolute Gasteiger partial charge is 0.335 e. The summed E-state index contributed by atoms with van der Waals surface area (Å²) in [4.78, 5) is 10.4. The highest BCUT2D eigenvalue weighted by Crippen LogP contribution is 2.19. The number of aliphatic carboxylic acids is 1. The van der Waals surface area contributed by atoms with Crippen LogP contribution in [0.5, 0.6) is 0 Å². The van der Waals surface area contributed by atoms with E-state index in [9.17, 15) is 4.79 Å². The van der Waals surface area contributed by atoms with E-state index in [2.05, 4.69) is 4.74 Å². The van der Waals surface area contributed by atoms with Crippen LogP contribution in [0, 0.1) is 0 Å². The van der Waals surface area contributed by atoms with Gasteiger partial charge >= 0.3 is 5.97 Å². The van der Waals surface area contributed by atoms with Crippen molar-refractivity contribution in [1.82, 2.24) is 0 Å². The Balaban J connectivity index is 2.76. The summed E-state index contributed by atoms with van der Waals surface area (Å²) in [6.45, 7) is 0. The van der Waals surface area contributed by atoms with E-state index in [0.29, 0.717) is 0 Å². The molecule has 5 atom stereocenters. The molecule has 76 valence electrons. The molecule has 1 rings (SSSR count). The van der Waals surface area contributed by atoms with E-state index in [0.717, 1.165) is 0 Å². The minimum atomic E-state index is -1.81. The van der Waals surface area contributed by atoms with Gasteiger partial charge in [-0.15, -0.1) is 0 Å². The first kappa shape index (κ1) is 10.4. The van der Waals surface area contributed by atoms with E-state index in [1.807, 2.05) is 0 Å². The fraction of sp³-hybridized carbons (Fsp3) is 0.833. The van der Waals surface area contributed by atoms with Gasteiger partial charge in [0.15, 0.2) is 12.4 Å². The van der Waals surface area contributed by atoms with Crippen molar-refractivity contribution in [2.45, 2.75) is 30.7 Å². The lowest BCUT2D eigenvalue weighted by molar-refractivity contribution is -0.279. The van der Waals surface area contributed by atoms with Crippen molar-refractivity contribution in [2.75, 3.05) is 0 Å². The highest BCUT2D eigenvalue weighted by atomic mass is 16.6. The van der Waals surface area contributed by atoms with E-state index in [1.54, 1.807) is 0 Å². The molecule has 0 bridgehead atoms. The molecule has 1 aliphatic heterocycles. The summed E-state index contributed by atoms with van der Waals surface area (Å²) in [5.74, 6) is -1.52. The van der Waals surface area contributed by atoms with Crippen LogP contribution in [0.25, 0.3) is 0 Å². The lowest BCUT2D eigenvalue weighted by Gasteiger charge is -2.36. The third kappa shape index (κ3) is 1.79. The summed E-state index contributed by atoms with van der Waals surface area (Å²) in [5, 5.41) is 44.4. The van der Waals surface area contributed by atoms with Crippen LogP contribution >= 0.6 is 0 Å². The van der Waals surface area contributed by atoms with Crippen LogP contribution < -0.4 is 0 Å². The molecule has 0 amide bonds. The zero-order valence-corrected chi connectivity index (χ0v) is 6.44. The molecule has 0 radical (unpaired) electrons. The quantitative estimate of drug-likeness (QED) is 0.298. The molecule has 1 aliphatic rings. The number of aliphatic hydroxyl groups excluding tert-OH is 4. The third-order valence-electron chi connectivity index (χ3n) is 1.83. The molecule has 0 aromatic heterocycles. The first-order chi connectivity index (χ1) is 5.95. The molecule has 1 heterocycles. The Kier molecular flexibility index (Phi) is 2.84. The predicted octanol–water partition coefficient (Wildman–Crippen LogP) is -3.13. The second-order valence-corrected chi connectivity index (χ2v) is 2.76. The molecule has 0 aromatic rings. The number of ether oxygens (including phenoxy) is 1. The van der Waals surface area contributed by atoms with Crippen LogP contribution in [-0.2, 0) is 9.53 Å². The van der Waals surface area contributed by atoms with Gasteiger partial charge in [0.1, 0.15) is 18.3 Å². The van der Waals surface area contributed by atoms with Crippen LogP contribution in [0.1, 0.15) is 0 Å². The third-order valence-corrected chi connectivity index (χ3v) is 1.83. The molecule has 1 fully saturated rings. The van der Waals surface area contributed by atoms with Gasteiger partial charge in [-0.3, -0.25) is 0 Å². The van der Waals surface area contributed by atoms with Gasteiger partial charge in [-0.25, -0.2) is 4.79 Å². The molecular weight excluding hydrogens is 184 g/mol. The lowest BCUT2D eigenvalue weighted by Crippen LogP contribution is -2.59. The predicted molar refractivity (Wildman–Crippen MR) is 36.5 cm³/mol. The maximum atomic E-state index is 10.4. The van der Waals surface area contributed by atoms with E-state index in [-0.39, 0.29) is 0 Å². The van der Waals surface area contributed by atoms with Gasteiger partial charge < -0.3 is 30.3 Å². The van der Waals surface area contributed by atoms with Crippen molar-refractivity contribution in [3.8, 4) is 0 Å². The Morgan fingerprint density at radius 2 is 1.54 bits per heavy atom. The van der Waals surface area contributed by atoms with E-state index >= 15 is 0 Å². The first-order valence-electron chi connectivity index (χ1n) is 3.55. The normalized spacial score (nSPS) is 46.0. The van der Waals surface area contributed by atoms with E-state index in [1.165, 1.54) is 0 Å². The SMILES string of the molecule is O=C(O)[C@H]1O[C@H](O)[C@H](O)[C@H](O)[C@@H]1O. The van der Waals surface area contributed by atoms with Gasteiger partial charge in [0.05, 0.1) is 0 Å². The molecule has 0 unspecified atom stereocenters. The summed E-state index contributed by atoms with van der Waals surface area (Å²) in [7, 11) is 0. The number of carboxylic acids is 1. The molecule has 0 aliphatic carbocycles. The molecule has 7 heteroatoms. The average molecular weight is 194 g/mol.